The fourth-order valence-corrected chi connectivity index (χ4v) is 5.03. The van der Waals surface area contributed by atoms with Gasteiger partial charge in [-0.05, 0) is 18.6 Å². The quantitative estimate of drug-likeness (QED) is 0.550. The van der Waals surface area contributed by atoms with Crippen molar-refractivity contribution in [3.05, 3.63) is 41.3 Å². The Labute approximate surface area is 219 Å². The first-order valence-corrected chi connectivity index (χ1v) is 13.4. The van der Waals surface area contributed by atoms with E-state index in [-0.39, 0.29) is 23.8 Å². The van der Waals surface area contributed by atoms with Gasteiger partial charge in [-0.3, -0.25) is 19.2 Å². The van der Waals surface area contributed by atoms with E-state index in [2.05, 4.69) is 25.3 Å². The van der Waals surface area contributed by atoms with Gasteiger partial charge in [0.1, 0.15) is 16.5 Å². The second kappa shape index (κ2) is 11.9. The standard InChI is InChI=1S/C25H31N7O4S/c1-30-8-12-35-11-2-3-21(33)23-19(16-32(29-23)7-6-31-9-13-36-14-10-31)27-24(34)20-17-37-25(28-20)18-4-5-26-22(30)15-18/h4-5,15-17H,2-3,6-14H2,1H3,(H,27,34). The van der Waals surface area contributed by atoms with E-state index in [9.17, 15) is 9.59 Å². The summed E-state index contributed by atoms with van der Waals surface area (Å²) in [5.41, 5.74) is 1.85. The summed E-state index contributed by atoms with van der Waals surface area (Å²) in [7, 11) is 1.95. The number of hydrogen-bond acceptors (Lipinski definition) is 10. The Morgan fingerprint density at radius 3 is 2.76 bits per heavy atom. The summed E-state index contributed by atoms with van der Waals surface area (Å²) in [6, 6.07) is 3.83. The first kappa shape index (κ1) is 25.5. The van der Waals surface area contributed by atoms with Gasteiger partial charge >= 0.3 is 0 Å². The number of Topliss-reactive ketones (excluding diaryl/α,β-unsaturated/α-hetero) is 1. The van der Waals surface area contributed by atoms with Gasteiger partial charge in [-0.15, -0.1) is 11.3 Å². The summed E-state index contributed by atoms with van der Waals surface area (Å²) in [6.45, 7) is 6.23. The lowest BCUT2D eigenvalue weighted by Gasteiger charge is -2.26. The molecule has 1 N–H and O–H groups in total. The summed E-state index contributed by atoms with van der Waals surface area (Å²) in [6.07, 6.45) is 4.33. The van der Waals surface area contributed by atoms with E-state index in [0.717, 1.165) is 49.2 Å². The molecule has 196 valence electrons. The molecule has 0 radical (unpaired) electrons. The van der Waals surface area contributed by atoms with Gasteiger partial charge in [-0.1, -0.05) is 0 Å². The maximum absolute atomic E-state index is 13.1. The molecular formula is C25H31N7O4S. The van der Waals surface area contributed by atoms with E-state index in [0.29, 0.717) is 44.1 Å². The van der Waals surface area contributed by atoms with E-state index in [1.165, 1.54) is 11.3 Å². The number of carbonyl (C=O) groups excluding carboxylic acids is 2. The molecule has 0 saturated carbocycles. The number of anilines is 2. The molecule has 1 amide bonds. The second-order valence-corrected chi connectivity index (χ2v) is 9.92. The van der Waals surface area contributed by atoms with Gasteiger partial charge in [-0.25, -0.2) is 9.97 Å². The largest absolute Gasteiger partial charge is 0.380 e. The van der Waals surface area contributed by atoms with Crippen LogP contribution in [0.15, 0.2) is 29.9 Å². The van der Waals surface area contributed by atoms with Crippen molar-refractivity contribution in [3.63, 3.8) is 0 Å². The number of rotatable bonds is 3. The van der Waals surface area contributed by atoms with Gasteiger partial charge in [0.25, 0.3) is 5.91 Å². The highest BCUT2D eigenvalue weighted by molar-refractivity contribution is 7.13. The monoisotopic (exact) mass is 525 g/mol. The average molecular weight is 526 g/mol. The molecular weight excluding hydrogens is 494 g/mol. The number of thiazole rings is 1. The molecule has 12 heteroatoms. The van der Waals surface area contributed by atoms with E-state index < -0.39 is 0 Å². The zero-order valence-corrected chi connectivity index (χ0v) is 21.7. The fraction of sp³-hybridized carbons (Fsp3) is 0.480. The number of aromatic nitrogens is 4. The molecule has 4 bridgehead atoms. The zero-order chi connectivity index (χ0) is 25.6. The predicted molar refractivity (Wildman–Crippen MR) is 140 cm³/mol. The van der Waals surface area contributed by atoms with Crippen molar-refractivity contribution in [1.82, 2.24) is 24.6 Å². The van der Waals surface area contributed by atoms with Crippen LogP contribution >= 0.6 is 11.3 Å². The Hall–Kier alpha value is -3.19. The van der Waals surface area contributed by atoms with Crippen LogP contribution in [0.4, 0.5) is 11.5 Å². The van der Waals surface area contributed by atoms with Gasteiger partial charge in [0, 0.05) is 69.6 Å². The van der Waals surface area contributed by atoms with E-state index in [1.54, 1.807) is 22.5 Å². The van der Waals surface area contributed by atoms with E-state index in [4.69, 9.17) is 9.47 Å². The molecule has 11 nitrogen and oxygen atoms in total. The summed E-state index contributed by atoms with van der Waals surface area (Å²) in [5.74, 6) is 0.299. The number of likely N-dealkylation sites (N-methyl/N-ethyl adjacent to an activating group) is 1. The number of ketones is 1. The van der Waals surface area contributed by atoms with Crippen LogP contribution in [-0.4, -0.2) is 96.0 Å². The maximum Gasteiger partial charge on any atom is 0.275 e. The maximum atomic E-state index is 13.1. The number of pyridine rings is 1. The SMILES string of the molecule is CN1CCOCCCC(=O)c2nn(CCN3CCOCC3)cc2NC(=O)c2csc(n2)-c2ccnc1c2. The predicted octanol–water partition coefficient (Wildman–Crippen LogP) is 2.42. The zero-order valence-electron chi connectivity index (χ0n) is 20.9. The second-order valence-electron chi connectivity index (χ2n) is 9.06. The lowest BCUT2D eigenvalue weighted by Crippen LogP contribution is -2.38. The topological polar surface area (TPSA) is 115 Å². The Bertz CT molecular complexity index is 1240. The molecule has 0 aliphatic carbocycles. The minimum Gasteiger partial charge on any atom is -0.380 e. The van der Waals surface area contributed by atoms with Crippen LogP contribution in [0, 0.1) is 0 Å². The Kier molecular flexibility index (Phi) is 8.19. The van der Waals surface area contributed by atoms with Gasteiger partial charge in [0.2, 0.25) is 0 Å². The lowest BCUT2D eigenvalue weighted by atomic mass is 10.1. The Morgan fingerprint density at radius 2 is 1.89 bits per heavy atom. The van der Waals surface area contributed by atoms with Crippen molar-refractivity contribution >= 4 is 34.5 Å². The number of carbonyl (C=O) groups is 2. The van der Waals surface area contributed by atoms with Gasteiger partial charge < -0.3 is 19.7 Å². The van der Waals surface area contributed by atoms with Crippen molar-refractivity contribution in [1.29, 1.82) is 0 Å². The van der Waals surface area contributed by atoms with Crippen LogP contribution in [0.3, 0.4) is 0 Å². The number of fused-ring (bicyclic) bond motifs is 6. The fourth-order valence-electron chi connectivity index (χ4n) is 4.23. The number of nitrogens with zero attached hydrogens (tertiary/aromatic N) is 6. The molecule has 2 aliphatic heterocycles. The smallest absolute Gasteiger partial charge is 0.275 e. The van der Waals surface area contributed by atoms with Crippen LogP contribution in [0.1, 0.15) is 33.8 Å². The first-order valence-electron chi connectivity index (χ1n) is 12.5. The van der Waals surface area contributed by atoms with Crippen molar-refractivity contribution in [2.24, 2.45) is 0 Å². The van der Waals surface area contributed by atoms with E-state index >= 15 is 0 Å². The summed E-state index contributed by atoms with van der Waals surface area (Å²) in [4.78, 5) is 39.5. The number of amides is 1. The number of ether oxygens (including phenoxy) is 2. The number of nitrogens with one attached hydrogen (secondary N) is 1. The average Bonchev–Trinajstić information content (AvgIpc) is 3.57. The molecule has 3 aromatic heterocycles. The highest BCUT2D eigenvalue weighted by Crippen LogP contribution is 2.27. The van der Waals surface area contributed by atoms with Crippen LogP contribution in [0.25, 0.3) is 10.6 Å². The van der Waals surface area contributed by atoms with Crippen molar-refractivity contribution in [3.8, 4) is 10.6 Å². The summed E-state index contributed by atoms with van der Waals surface area (Å²) >= 11 is 1.39. The van der Waals surface area contributed by atoms with Crippen LogP contribution in [0.5, 0.6) is 0 Å². The molecule has 5 rings (SSSR count). The highest BCUT2D eigenvalue weighted by atomic mass is 32.1. The molecule has 1 fully saturated rings. The molecule has 5 heterocycles. The Balaban J connectivity index is 1.38. The Morgan fingerprint density at radius 1 is 1.08 bits per heavy atom. The molecule has 3 aromatic rings. The third kappa shape index (κ3) is 6.39. The van der Waals surface area contributed by atoms with Crippen molar-refractivity contribution < 1.29 is 19.1 Å². The van der Waals surface area contributed by atoms with Crippen LogP contribution in [0.2, 0.25) is 0 Å². The third-order valence-corrected chi connectivity index (χ3v) is 7.30. The molecule has 0 aromatic carbocycles. The molecule has 0 atom stereocenters. The van der Waals surface area contributed by atoms with Gasteiger partial charge in [0.15, 0.2) is 11.5 Å². The number of hydrogen-bond donors (Lipinski definition) is 1. The molecule has 37 heavy (non-hydrogen) atoms. The van der Waals surface area contributed by atoms with E-state index in [1.807, 2.05) is 24.1 Å². The van der Waals surface area contributed by atoms with Crippen molar-refractivity contribution in [2.45, 2.75) is 19.4 Å². The summed E-state index contributed by atoms with van der Waals surface area (Å²) < 4.78 is 12.9. The summed E-state index contributed by atoms with van der Waals surface area (Å²) in [5, 5.41) is 9.87. The molecule has 2 aliphatic rings. The van der Waals surface area contributed by atoms with Crippen LogP contribution in [-0.2, 0) is 16.0 Å². The minimum atomic E-state index is -0.375. The van der Waals surface area contributed by atoms with Crippen molar-refractivity contribution in [2.75, 3.05) is 69.9 Å². The molecule has 0 unspecified atom stereocenters. The first-order chi connectivity index (χ1) is 18.1. The molecule has 1 saturated heterocycles. The lowest BCUT2D eigenvalue weighted by molar-refractivity contribution is 0.0359. The molecule has 0 spiro atoms. The third-order valence-electron chi connectivity index (χ3n) is 6.41. The number of morpholine rings is 1. The highest BCUT2D eigenvalue weighted by Gasteiger charge is 2.21. The van der Waals surface area contributed by atoms with Gasteiger partial charge in [0.05, 0.1) is 32.1 Å². The van der Waals surface area contributed by atoms with Gasteiger partial charge in [-0.2, -0.15) is 5.10 Å². The minimum absolute atomic E-state index is 0.125. The van der Waals surface area contributed by atoms with Crippen LogP contribution < -0.4 is 10.2 Å². The normalized spacial score (nSPS) is 18.1.